The number of ether oxygens (including phenoxy) is 2. The number of carbonyl (C=O) groups excluding carboxylic acids is 1. The number of hydrogen-bond acceptors (Lipinski definition) is 4. The molecule has 0 fully saturated rings. The van der Waals surface area contributed by atoms with Gasteiger partial charge in [0.05, 0.1) is 19.4 Å². The minimum atomic E-state index is -0.332. The Morgan fingerprint density at radius 1 is 1.15 bits per heavy atom. The summed E-state index contributed by atoms with van der Waals surface area (Å²) in [6, 6.07) is 5.47. The van der Waals surface area contributed by atoms with Gasteiger partial charge in [-0.1, -0.05) is 19.8 Å². The van der Waals surface area contributed by atoms with Gasteiger partial charge >= 0.3 is 0 Å². The summed E-state index contributed by atoms with van der Waals surface area (Å²) in [4.78, 5) is 11.1. The van der Waals surface area contributed by atoms with Gasteiger partial charge in [0, 0.05) is 11.6 Å². The van der Waals surface area contributed by atoms with Crippen LogP contribution in [0.4, 0.5) is 0 Å². The summed E-state index contributed by atoms with van der Waals surface area (Å²) in [6.07, 6.45) is 4.69. The van der Waals surface area contributed by atoms with Gasteiger partial charge in [0.1, 0.15) is 0 Å². The van der Waals surface area contributed by atoms with E-state index in [9.17, 15) is 4.79 Å². The van der Waals surface area contributed by atoms with E-state index in [-0.39, 0.29) is 5.91 Å². The molecule has 5 nitrogen and oxygen atoms in total. The average Bonchev–Trinajstić information content (AvgIpc) is 2.90. The van der Waals surface area contributed by atoms with Crippen molar-refractivity contribution in [3.63, 3.8) is 0 Å². The van der Waals surface area contributed by atoms with E-state index >= 15 is 0 Å². The molecule has 0 saturated carbocycles. The van der Waals surface area contributed by atoms with E-state index in [4.69, 9.17) is 9.47 Å². The van der Waals surface area contributed by atoms with Gasteiger partial charge in [-0.2, -0.15) is 0 Å². The van der Waals surface area contributed by atoms with Crippen LogP contribution in [0.25, 0.3) is 5.70 Å². The molecule has 2 rings (SSSR count). The summed E-state index contributed by atoms with van der Waals surface area (Å²) in [5.41, 5.74) is 1.35. The lowest BCUT2D eigenvalue weighted by atomic mass is 10.1. The Morgan fingerprint density at radius 2 is 2.00 bits per heavy atom. The van der Waals surface area contributed by atoms with E-state index in [1.54, 1.807) is 7.11 Å². The molecule has 0 spiro atoms. The monoisotopic (exact) mass is 274 g/mol. The Kier molecular flexibility index (Phi) is 4.87. The molecule has 1 aliphatic rings. The molecule has 1 aliphatic heterocycles. The molecular formula is C15H18N2O3. The minimum absolute atomic E-state index is 0.332. The fourth-order valence-electron chi connectivity index (χ4n) is 1.90. The van der Waals surface area contributed by atoms with Crippen molar-refractivity contribution in [1.29, 1.82) is 0 Å². The number of unbranched alkanes of at least 4 members (excludes halogenated alkanes) is 2. The van der Waals surface area contributed by atoms with Crippen molar-refractivity contribution in [2.45, 2.75) is 26.2 Å². The average molecular weight is 274 g/mol. The second kappa shape index (κ2) is 6.84. The highest BCUT2D eigenvalue weighted by molar-refractivity contribution is 5.98. The van der Waals surface area contributed by atoms with E-state index in [0.29, 0.717) is 23.8 Å². The van der Waals surface area contributed by atoms with Gasteiger partial charge in [-0.05, 0) is 24.6 Å². The van der Waals surface area contributed by atoms with Crippen LogP contribution < -0.4 is 9.47 Å². The van der Waals surface area contributed by atoms with Gasteiger partial charge in [0.2, 0.25) is 0 Å². The minimum Gasteiger partial charge on any atom is -0.493 e. The van der Waals surface area contributed by atoms with Crippen LogP contribution in [-0.4, -0.2) is 19.6 Å². The van der Waals surface area contributed by atoms with Crippen LogP contribution >= 0.6 is 0 Å². The zero-order chi connectivity index (χ0) is 14.4. The number of amides is 1. The first-order valence-electron chi connectivity index (χ1n) is 6.73. The second-order valence-corrected chi connectivity index (χ2v) is 4.49. The summed E-state index contributed by atoms with van der Waals surface area (Å²) in [6.45, 7) is 2.79. The first-order chi connectivity index (χ1) is 9.74. The molecule has 1 amide bonds. The maximum Gasteiger partial charge on any atom is 0.290 e. The van der Waals surface area contributed by atoms with Crippen molar-refractivity contribution in [3.05, 3.63) is 29.8 Å². The first kappa shape index (κ1) is 14.2. The van der Waals surface area contributed by atoms with Crippen molar-refractivity contribution < 1.29 is 14.3 Å². The topological polar surface area (TPSA) is 60.2 Å². The number of azo groups is 1. The van der Waals surface area contributed by atoms with E-state index in [1.807, 2.05) is 18.2 Å². The van der Waals surface area contributed by atoms with Crippen LogP contribution in [0.3, 0.4) is 0 Å². The molecule has 0 saturated heterocycles. The largest absolute Gasteiger partial charge is 0.493 e. The SMILES string of the molecule is CCCCCOc1cc(C2=CC(=O)N=N2)ccc1OC. The third-order valence-electron chi connectivity index (χ3n) is 2.98. The molecule has 0 unspecified atom stereocenters. The van der Waals surface area contributed by atoms with Crippen LogP contribution in [-0.2, 0) is 4.79 Å². The van der Waals surface area contributed by atoms with Crippen molar-refractivity contribution in [2.75, 3.05) is 13.7 Å². The van der Waals surface area contributed by atoms with E-state index in [2.05, 4.69) is 17.2 Å². The van der Waals surface area contributed by atoms with Gasteiger partial charge in [-0.15, -0.1) is 10.2 Å². The van der Waals surface area contributed by atoms with Crippen molar-refractivity contribution >= 4 is 11.6 Å². The highest BCUT2D eigenvalue weighted by Gasteiger charge is 2.13. The molecule has 20 heavy (non-hydrogen) atoms. The fourth-order valence-corrected chi connectivity index (χ4v) is 1.90. The fraction of sp³-hybridized carbons (Fsp3) is 0.400. The molecule has 1 heterocycles. The second-order valence-electron chi connectivity index (χ2n) is 4.49. The van der Waals surface area contributed by atoms with Crippen molar-refractivity contribution in [1.82, 2.24) is 0 Å². The Labute approximate surface area is 118 Å². The maximum absolute atomic E-state index is 11.1. The van der Waals surface area contributed by atoms with Crippen LogP contribution in [0, 0.1) is 0 Å². The summed E-state index contributed by atoms with van der Waals surface area (Å²) in [5, 5.41) is 7.31. The van der Waals surface area contributed by atoms with Gasteiger partial charge in [-0.25, -0.2) is 0 Å². The number of nitrogens with zero attached hydrogens (tertiary/aromatic N) is 2. The summed E-state index contributed by atoms with van der Waals surface area (Å²) in [7, 11) is 1.60. The number of hydrogen-bond donors (Lipinski definition) is 0. The third kappa shape index (κ3) is 3.44. The lowest BCUT2D eigenvalue weighted by molar-refractivity contribution is -0.113. The van der Waals surface area contributed by atoms with Crippen LogP contribution in [0.5, 0.6) is 11.5 Å². The summed E-state index contributed by atoms with van der Waals surface area (Å²) in [5.74, 6) is 1.00. The predicted octanol–water partition coefficient (Wildman–Crippen LogP) is 3.60. The highest BCUT2D eigenvalue weighted by Crippen LogP contribution is 2.32. The smallest absolute Gasteiger partial charge is 0.290 e. The Balaban J connectivity index is 2.14. The van der Waals surface area contributed by atoms with Gasteiger partial charge in [0.15, 0.2) is 11.5 Å². The quantitative estimate of drug-likeness (QED) is 0.714. The highest BCUT2D eigenvalue weighted by atomic mass is 16.5. The molecule has 5 heteroatoms. The van der Waals surface area contributed by atoms with Gasteiger partial charge < -0.3 is 9.47 Å². The molecule has 0 aliphatic carbocycles. The first-order valence-corrected chi connectivity index (χ1v) is 6.73. The molecule has 1 aromatic rings. The number of methoxy groups -OCH3 is 1. The molecular weight excluding hydrogens is 256 g/mol. The van der Waals surface area contributed by atoms with Gasteiger partial charge in [-0.3, -0.25) is 4.79 Å². The molecule has 0 atom stereocenters. The Morgan fingerprint density at radius 3 is 2.65 bits per heavy atom. The molecule has 0 N–H and O–H groups in total. The summed E-state index contributed by atoms with van der Waals surface area (Å²) >= 11 is 0. The van der Waals surface area contributed by atoms with E-state index < -0.39 is 0 Å². The molecule has 106 valence electrons. The number of rotatable bonds is 7. The Bertz CT molecular complexity index is 550. The third-order valence-corrected chi connectivity index (χ3v) is 2.98. The maximum atomic E-state index is 11.1. The number of carbonyl (C=O) groups is 1. The molecule has 0 radical (unpaired) electrons. The lowest BCUT2D eigenvalue weighted by Gasteiger charge is -2.11. The summed E-state index contributed by atoms with van der Waals surface area (Å²) < 4.78 is 11.0. The van der Waals surface area contributed by atoms with Crippen LogP contribution in [0.15, 0.2) is 34.5 Å². The van der Waals surface area contributed by atoms with Crippen LogP contribution in [0.1, 0.15) is 31.7 Å². The van der Waals surface area contributed by atoms with E-state index in [1.165, 1.54) is 6.08 Å². The number of benzene rings is 1. The van der Waals surface area contributed by atoms with Crippen LogP contribution in [0.2, 0.25) is 0 Å². The molecule has 0 bridgehead atoms. The van der Waals surface area contributed by atoms with Crippen molar-refractivity contribution in [3.8, 4) is 11.5 Å². The standard InChI is InChI=1S/C15H18N2O3/c1-3-4-5-8-20-14-9-11(6-7-13(14)19-2)12-10-15(18)17-16-12/h6-7,9-10H,3-5,8H2,1-2H3. The Hall–Kier alpha value is -2.17. The van der Waals surface area contributed by atoms with Gasteiger partial charge in [0.25, 0.3) is 5.91 Å². The molecule has 0 aromatic heterocycles. The zero-order valence-corrected chi connectivity index (χ0v) is 11.8. The van der Waals surface area contributed by atoms with E-state index in [0.717, 1.165) is 24.8 Å². The van der Waals surface area contributed by atoms with Crippen molar-refractivity contribution in [2.24, 2.45) is 10.2 Å². The zero-order valence-electron chi connectivity index (χ0n) is 11.8. The normalized spacial score (nSPS) is 13.5. The predicted molar refractivity (Wildman–Crippen MR) is 75.9 cm³/mol. The lowest BCUT2D eigenvalue weighted by Crippen LogP contribution is -1.99. The molecule has 1 aromatic carbocycles.